The maximum absolute atomic E-state index is 12.0. The maximum atomic E-state index is 12.0. The first-order valence-corrected chi connectivity index (χ1v) is 8.62. The van der Waals surface area contributed by atoms with Crippen LogP contribution in [0.1, 0.15) is 18.4 Å². The van der Waals surface area contributed by atoms with Crippen molar-refractivity contribution in [3.63, 3.8) is 0 Å². The van der Waals surface area contributed by atoms with E-state index >= 15 is 0 Å². The van der Waals surface area contributed by atoms with E-state index in [9.17, 15) is 8.42 Å². The summed E-state index contributed by atoms with van der Waals surface area (Å²) in [5.41, 5.74) is 0.722. The lowest BCUT2D eigenvalue weighted by Gasteiger charge is -2.35. The largest absolute Gasteiger partial charge is 0.358 e. The fraction of sp³-hybridized carbons (Fsp3) is 0.462. The summed E-state index contributed by atoms with van der Waals surface area (Å²) in [6.45, 7) is 0.852. The van der Waals surface area contributed by atoms with E-state index in [1.165, 1.54) is 0 Å². The SMILES string of the molecule is CN(CC1CC(Br)C1)C1=NS(=O)(=O)c2ccccc21. The van der Waals surface area contributed by atoms with Gasteiger partial charge in [0.05, 0.1) is 0 Å². The number of hydrogen-bond acceptors (Lipinski definition) is 3. The van der Waals surface area contributed by atoms with Crippen molar-refractivity contribution in [3.05, 3.63) is 29.8 Å². The van der Waals surface area contributed by atoms with Gasteiger partial charge in [-0.2, -0.15) is 8.42 Å². The molecule has 0 spiro atoms. The number of sulfonamides is 1. The Balaban J connectivity index is 1.85. The first-order valence-electron chi connectivity index (χ1n) is 6.27. The van der Waals surface area contributed by atoms with Crippen LogP contribution in [0.3, 0.4) is 0 Å². The third kappa shape index (κ3) is 2.31. The third-order valence-corrected chi connectivity index (χ3v) is 5.76. The molecule has 1 aromatic carbocycles. The van der Waals surface area contributed by atoms with Gasteiger partial charge in [-0.15, -0.1) is 4.40 Å². The van der Waals surface area contributed by atoms with Gasteiger partial charge in [0.15, 0.2) is 5.84 Å². The molecule has 1 aliphatic carbocycles. The van der Waals surface area contributed by atoms with E-state index < -0.39 is 10.0 Å². The third-order valence-electron chi connectivity index (χ3n) is 3.68. The standard InChI is InChI=1S/C13H15BrN2O2S/c1-16(8-9-6-10(14)7-9)13-11-4-2-3-5-12(11)19(17,18)15-13/h2-5,9-10H,6-8H2,1H3. The molecule has 102 valence electrons. The Morgan fingerprint density at radius 3 is 2.74 bits per heavy atom. The van der Waals surface area contributed by atoms with Gasteiger partial charge in [-0.1, -0.05) is 28.1 Å². The van der Waals surface area contributed by atoms with Crippen LogP contribution in [-0.2, 0) is 10.0 Å². The second-order valence-corrected chi connectivity index (χ2v) is 8.07. The van der Waals surface area contributed by atoms with Crippen molar-refractivity contribution in [2.24, 2.45) is 10.3 Å². The van der Waals surface area contributed by atoms with Gasteiger partial charge in [-0.25, -0.2) is 0 Å². The van der Waals surface area contributed by atoms with Gasteiger partial charge >= 0.3 is 0 Å². The van der Waals surface area contributed by atoms with Gasteiger partial charge in [0.1, 0.15) is 4.90 Å². The van der Waals surface area contributed by atoms with Gasteiger partial charge < -0.3 is 4.90 Å². The number of nitrogens with zero attached hydrogens (tertiary/aromatic N) is 2. The first-order chi connectivity index (χ1) is 8.97. The predicted molar refractivity (Wildman–Crippen MR) is 78.2 cm³/mol. The van der Waals surface area contributed by atoms with Crippen LogP contribution in [0, 0.1) is 5.92 Å². The molecule has 0 N–H and O–H groups in total. The highest BCUT2D eigenvalue weighted by Crippen LogP contribution is 2.34. The Labute approximate surface area is 121 Å². The van der Waals surface area contributed by atoms with Crippen molar-refractivity contribution in [2.75, 3.05) is 13.6 Å². The van der Waals surface area contributed by atoms with Gasteiger partial charge in [0.25, 0.3) is 10.0 Å². The minimum atomic E-state index is -3.50. The van der Waals surface area contributed by atoms with Crippen LogP contribution in [0.4, 0.5) is 0 Å². The molecule has 0 saturated heterocycles. The number of amidine groups is 1. The number of alkyl halides is 1. The molecular formula is C13H15BrN2O2S. The average Bonchev–Trinajstić information content (AvgIpc) is 2.60. The van der Waals surface area contributed by atoms with Crippen LogP contribution in [0.5, 0.6) is 0 Å². The van der Waals surface area contributed by atoms with Crippen molar-refractivity contribution >= 4 is 31.8 Å². The molecule has 0 aromatic heterocycles. The molecule has 1 heterocycles. The van der Waals surface area contributed by atoms with Crippen LogP contribution in [-0.4, -0.2) is 37.6 Å². The lowest BCUT2D eigenvalue weighted by atomic mass is 9.85. The zero-order chi connectivity index (χ0) is 13.6. The minimum absolute atomic E-state index is 0.323. The predicted octanol–water partition coefficient (Wildman–Crippen LogP) is 2.24. The fourth-order valence-electron chi connectivity index (χ4n) is 2.64. The molecule has 0 bridgehead atoms. The first kappa shape index (κ1) is 13.1. The van der Waals surface area contributed by atoms with E-state index in [1.807, 2.05) is 24.1 Å². The van der Waals surface area contributed by atoms with Gasteiger partial charge in [-0.05, 0) is 30.9 Å². The summed E-state index contributed by atoms with van der Waals surface area (Å²) in [6, 6.07) is 7.02. The topological polar surface area (TPSA) is 49.7 Å². The number of halogens is 1. The summed E-state index contributed by atoms with van der Waals surface area (Å²) >= 11 is 3.57. The normalized spacial score (nSPS) is 27.4. The molecule has 1 aromatic rings. The van der Waals surface area contributed by atoms with E-state index in [2.05, 4.69) is 20.3 Å². The number of hydrogen-bond donors (Lipinski definition) is 0. The van der Waals surface area contributed by atoms with Gasteiger partial charge in [0.2, 0.25) is 0 Å². The van der Waals surface area contributed by atoms with E-state index in [1.54, 1.807) is 12.1 Å². The molecule has 0 amide bonds. The molecule has 2 aliphatic rings. The summed E-state index contributed by atoms with van der Waals surface area (Å²) in [5.74, 6) is 1.20. The average molecular weight is 343 g/mol. The fourth-order valence-corrected chi connectivity index (χ4v) is 4.95. The van der Waals surface area contributed by atoms with Crippen molar-refractivity contribution < 1.29 is 8.42 Å². The van der Waals surface area contributed by atoms with Crippen LogP contribution in [0.15, 0.2) is 33.6 Å². The lowest BCUT2D eigenvalue weighted by Crippen LogP contribution is -2.37. The quantitative estimate of drug-likeness (QED) is 0.774. The zero-order valence-electron chi connectivity index (χ0n) is 10.6. The van der Waals surface area contributed by atoms with Crippen molar-refractivity contribution in [1.82, 2.24) is 4.90 Å². The Morgan fingerprint density at radius 2 is 2.05 bits per heavy atom. The molecule has 0 atom stereocenters. The molecule has 0 unspecified atom stereocenters. The number of fused-ring (bicyclic) bond motifs is 1. The van der Waals surface area contributed by atoms with Crippen LogP contribution in [0.25, 0.3) is 0 Å². The maximum Gasteiger partial charge on any atom is 0.285 e. The molecule has 1 aliphatic heterocycles. The van der Waals surface area contributed by atoms with Crippen molar-refractivity contribution in [3.8, 4) is 0 Å². The molecule has 4 nitrogen and oxygen atoms in total. The summed E-state index contributed by atoms with van der Waals surface area (Å²) in [6.07, 6.45) is 2.29. The van der Waals surface area contributed by atoms with Gasteiger partial charge in [-0.3, -0.25) is 0 Å². The molecular weight excluding hydrogens is 328 g/mol. The van der Waals surface area contributed by atoms with Crippen LogP contribution in [0.2, 0.25) is 0 Å². The zero-order valence-corrected chi connectivity index (χ0v) is 13.0. The monoisotopic (exact) mass is 342 g/mol. The van der Waals surface area contributed by atoms with E-state index in [-0.39, 0.29) is 0 Å². The Morgan fingerprint density at radius 1 is 1.37 bits per heavy atom. The van der Waals surface area contributed by atoms with Crippen molar-refractivity contribution in [2.45, 2.75) is 22.6 Å². The number of benzene rings is 1. The lowest BCUT2D eigenvalue weighted by molar-refractivity contribution is 0.271. The van der Waals surface area contributed by atoms with Crippen molar-refractivity contribution in [1.29, 1.82) is 0 Å². The molecule has 6 heteroatoms. The molecule has 3 rings (SSSR count). The van der Waals surface area contributed by atoms with E-state index in [0.717, 1.165) is 24.9 Å². The highest BCUT2D eigenvalue weighted by Gasteiger charge is 2.33. The molecule has 19 heavy (non-hydrogen) atoms. The second kappa shape index (κ2) is 4.59. The Bertz CT molecular complexity index is 636. The summed E-state index contributed by atoms with van der Waals surface area (Å²) < 4.78 is 27.9. The highest BCUT2D eigenvalue weighted by atomic mass is 79.9. The van der Waals surface area contributed by atoms with Crippen LogP contribution < -0.4 is 0 Å². The molecule has 1 fully saturated rings. The summed E-state index contributed by atoms with van der Waals surface area (Å²) in [7, 11) is -1.58. The number of rotatable bonds is 2. The Kier molecular flexibility index (Phi) is 3.17. The van der Waals surface area contributed by atoms with Crippen LogP contribution >= 0.6 is 15.9 Å². The summed E-state index contributed by atoms with van der Waals surface area (Å²) in [5, 5.41) is 0. The van der Waals surface area contributed by atoms with Gasteiger partial charge in [0, 0.05) is 24.0 Å². The minimum Gasteiger partial charge on any atom is -0.358 e. The Hall–Kier alpha value is -0.880. The smallest absolute Gasteiger partial charge is 0.285 e. The second-order valence-electron chi connectivity index (χ2n) is 5.20. The van der Waals surface area contributed by atoms with E-state index in [0.29, 0.717) is 21.5 Å². The highest BCUT2D eigenvalue weighted by molar-refractivity contribution is 9.09. The molecule has 0 radical (unpaired) electrons. The molecule has 1 saturated carbocycles. The summed E-state index contributed by atoms with van der Waals surface area (Å²) in [4.78, 5) is 2.91. The van der Waals surface area contributed by atoms with E-state index in [4.69, 9.17) is 0 Å².